The topological polar surface area (TPSA) is 91.6 Å². The number of aliphatic hydroxyl groups excluding tert-OH is 1. The Hall–Kier alpha value is -2.60. The molecule has 0 aliphatic carbocycles. The summed E-state index contributed by atoms with van der Waals surface area (Å²) in [5.74, 6) is -0.518. The van der Waals surface area contributed by atoms with Crippen molar-refractivity contribution < 1.29 is 19.1 Å². The Morgan fingerprint density at radius 1 is 1.19 bits per heavy atom. The maximum atomic E-state index is 11.8. The highest BCUT2D eigenvalue weighted by molar-refractivity contribution is 5.95. The minimum absolute atomic E-state index is 0.142. The lowest BCUT2D eigenvalue weighted by Gasteiger charge is -2.09. The van der Waals surface area contributed by atoms with E-state index in [0.717, 1.165) is 0 Å². The summed E-state index contributed by atoms with van der Waals surface area (Å²) in [5, 5.41) is 14.5. The molecule has 1 heterocycles. The van der Waals surface area contributed by atoms with Crippen LogP contribution < -0.4 is 10.6 Å². The van der Waals surface area contributed by atoms with E-state index >= 15 is 0 Å². The van der Waals surface area contributed by atoms with Crippen LogP contribution >= 0.6 is 0 Å². The molecule has 0 fully saturated rings. The van der Waals surface area contributed by atoms with Gasteiger partial charge in [-0.15, -0.1) is 0 Å². The highest BCUT2D eigenvalue weighted by atomic mass is 16.3. The summed E-state index contributed by atoms with van der Waals surface area (Å²) in [6.45, 7) is 0.0742. The maximum absolute atomic E-state index is 11.8. The molecule has 2 aromatic rings. The first-order valence-electron chi connectivity index (χ1n) is 6.49. The van der Waals surface area contributed by atoms with E-state index in [0.29, 0.717) is 16.8 Å². The molecule has 3 N–H and O–H groups in total. The standard InChI is InChI=1S/C15H16N2O4/c18-9-11-3-1-2-4-13(11)17-14(19)5-7-16-15(20)12-6-8-21-10-12/h1-4,6,8,10,18H,5,7,9H2,(H,16,20)(H,17,19). The van der Waals surface area contributed by atoms with Crippen LogP contribution in [0.2, 0.25) is 0 Å². The lowest BCUT2D eigenvalue weighted by molar-refractivity contribution is -0.116. The number of aliphatic hydroxyl groups is 1. The molecule has 110 valence electrons. The number of para-hydroxylation sites is 1. The number of nitrogens with one attached hydrogen (secondary N) is 2. The first-order valence-corrected chi connectivity index (χ1v) is 6.49. The number of amides is 2. The molecule has 1 aromatic heterocycles. The van der Waals surface area contributed by atoms with Crippen molar-refractivity contribution >= 4 is 17.5 Å². The van der Waals surface area contributed by atoms with Gasteiger partial charge in [-0.2, -0.15) is 0 Å². The summed E-state index contributed by atoms with van der Waals surface area (Å²) in [6.07, 6.45) is 2.89. The van der Waals surface area contributed by atoms with E-state index in [-0.39, 0.29) is 31.4 Å². The third kappa shape index (κ3) is 4.19. The zero-order valence-corrected chi connectivity index (χ0v) is 11.3. The summed E-state index contributed by atoms with van der Waals surface area (Å²) in [4.78, 5) is 23.4. The Labute approximate surface area is 121 Å². The summed E-state index contributed by atoms with van der Waals surface area (Å²) < 4.78 is 4.80. The fourth-order valence-electron chi connectivity index (χ4n) is 1.78. The first-order chi connectivity index (χ1) is 10.2. The van der Waals surface area contributed by atoms with E-state index in [2.05, 4.69) is 10.6 Å². The number of hydrogen-bond donors (Lipinski definition) is 3. The second-order valence-corrected chi connectivity index (χ2v) is 4.38. The number of anilines is 1. The number of hydrogen-bond acceptors (Lipinski definition) is 4. The second-order valence-electron chi connectivity index (χ2n) is 4.38. The quantitative estimate of drug-likeness (QED) is 0.751. The molecule has 0 bridgehead atoms. The largest absolute Gasteiger partial charge is 0.472 e. The lowest BCUT2D eigenvalue weighted by atomic mass is 10.2. The van der Waals surface area contributed by atoms with Crippen LogP contribution in [-0.4, -0.2) is 23.5 Å². The normalized spacial score (nSPS) is 10.1. The molecule has 0 radical (unpaired) electrons. The van der Waals surface area contributed by atoms with Gasteiger partial charge in [-0.05, 0) is 12.1 Å². The van der Waals surface area contributed by atoms with Crippen molar-refractivity contribution in [3.63, 3.8) is 0 Å². The molecule has 2 rings (SSSR count). The highest BCUT2D eigenvalue weighted by Gasteiger charge is 2.09. The molecule has 6 nitrogen and oxygen atoms in total. The van der Waals surface area contributed by atoms with Crippen LogP contribution in [0.15, 0.2) is 47.3 Å². The van der Waals surface area contributed by atoms with Gasteiger partial charge in [0.25, 0.3) is 5.91 Å². The zero-order valence-electron chi connectivity index (χ0n) is 11.3. The fourth-order valence-corrected chi connectivity index (χ4v) is 1.78. The van der Waals surface area contributed by atoms with Crippen molar-refractivity contribution in [3.8, 4) is 0 Å². The molecule has 0 aliphatic heterocycles. The van der Waals surface area contributed by atoms with Crippen molar-refractivity contribution in [3.05, 3.63) is 54.0 Å². The molecule has 0 aliphatic rings. The monoisotopic (exact) mass is 288 g/mol. The predicted octanol–water partition coefficient (Wildman–Crippen LogP) is 1.53. The molecule has 2 amide bonds. The van der Waals surface area contributed by atoms with Gasteiger partial charge < -0.3 is 20.2 Å². The fraction of sp³-hybridized carbons (Fsp3) is 0.200. The predicted molar refractivity (Wildman–Crippen MR) is 76.7 cm³/mol. The number of furan rings is 1. The van der Waals surface area contributed by atoms with E-state index < -0.39 is 0 Å². The molecule has 6 heteroatoms. The summed E-state index contributed by atoms with van der Waals surface area (Å²) in [6, 6.07) is 8.55. The Morgan fingerprint density at radius 2 is 2.00 bits per heavy atom. The van der Waals surface area contributed by atoms with E-state index in [1.807, 2.05) is 0 Å². The Morgan fingerprint density at radius 3 is 2.71 bits per heavy atom. The number of carbonyl (C=O) groups excluding carboxylic acids is 2. The van der Waals surface area contributed by atoms with Crippen molar-refractivity contribution in [2.24, 2.45) is 0 Å². The van der Waals surface area contributed by atoms with Crippen LogP contribution in [0.3, 0.4) is 0 Å². The SMILES string of the molecule is O=C(CCNC(=O)c1ccoc1)Nc1ccccc1CO. The Kier molecular flexibility index (Phi) is 5.11. The smallest absolute Gasteiger partial charge is 0.254 e. The zero-order chi connectivity index (χ0) is 15.1. The van der Waals surface area contributed by atoms with E-state index in [1.165, 1.54) is 12.5 Å². The third-order valence-corrected chi connectivity index (χ3v) is 2.88. The van der Waals surface area contributed by atoms with Crippen molar-refractivity contribution in [2.45, 2.75) is 13.0 Å². The molecule has 21 heavy (non-hydrogen) atoms. The van der Waals surface area contributed by atoms with Crippen LogP contribution in [0.1, 0.15) is 22.3 Å². The molecular weight excluding hydrogens is 272 g/mol. The van der Waals surface area contributed by atoms with Gasteiger partial charge in [-0.25, -0.2) is 0 Å². The first kappa shape index (κ1) is 14.8. The summed E-state index contributed by atoms with van der Waals surface area (Å²) >= 11 is 0. The van der Waals surface area contributed by atoms with Gasteiger partial charge in [0, 0.05) is 24.2 Å². The molecule has 0 saturated heterocycles. The van der Waals surface area contributed by atoms with E-state index in [9.17, 15) is 9.59 Å². The van der Waals surface area contributed by atoms with Crippen molar-refractivity contribution in [1.82, 2.24) is 5.32 Å². The van der Waals surface area contributed by atoms with Crippen LogP contribution in [0.4, 0.5) is 5.69 Å². The van der Waals surface area contributed by atoms with Gasteiger partial charge in [0.05, 0.1) is 18.4 Å². The highest BCUT2D eigenvalue weighted by Crippen LogP contribution is 2.14. The van der Waals surface area contributed by atoms with Gasteiger partial charge in [-0.1, -0.05) is 18.2 Å². The number of benzene rings is 1. The Bertz CT molecular complexity index is 608. The third-order valence-electron chi connectivity index (χ3n) is 2.88. The van der Waals surface area contributed by atoms with Gasteiger partial charge in [0.2, 0.25) is 5.91 Å². The molecule has 0 saturated carbocycles. The minimum atomic E-state index is -0.285. The van der Waals surface area contributed by atoms with E-state index in [1.54, 1.807) is 30.3 Å². The van der Waals surface area contributed by atoms with Gasteiger partial charge in [0.1, 0.15) is 6.26 Å². The second kappa shape index (κ2) is 7.25. The minimum Gasteiger partial charge on any atom is -0.472 e. The molecular formula is C15H16N2O4. The average Bonchev–Trinajstić information content (AvgIpc) is 3.02. The Balaban J connectivity index is 1.79. The van der Waals surface area contributed by atoms with Crippen molar-refractivity contribution in [2.75, 3.05) is 11.9 Å². The van der Waals surface area contributed by atoms with Gasteiger partial charge >= 0.3 is 0 Å². The average molecular weight is 288 g/mol. The molecule has 0 spiro atoms. The van der Waals surface area contributed by atoms with Crippen LogP contribution in [0.5, 0.6) is 0 Å². The van der Waals surface area contributed by atoms with E-state index in [4.69, 9.17) is 9.52 Å². The molecule has 0 unspecified atom stereocenters. The molecule has 1 aromatic carbocycles. The molecule has 0 atom stereocenters. The maximum Gasteiger partial charge on any atom is 0.254 e. The number of carbonyl (C=O) groups is 2. The number of rotatable bonds is 6. The summed E-state index contributed by atoms with van der Waals surface area (Å²) in [5.41, 5.74) is 1.64. The van der Waals surface area contributed by atoms with Crippen molar-refractivity contribution in [1.29, 1.82) is 0 Å². The van der Waals surface area contributed by atoms with Gasteiger partial charge in [-0.3, -0.25) is 9.59 Å². The van der Waals surface area contributed by atoms with Crippen LogP contribution in [0, 0.1) is 0 Å². The lowest BCUT2D eigenvalue weighted by Crippen LogP contribution is -2.27. The summed E-state index contributed by atoms with van der Waals surface area (Å²) in [7, 11) is 0. The van der Waals surface area contributed by atoms with Crippen LogP contribution in [-0.2, 0) is 11.4 Å². The van der Waals surface area contributed by atoms with Gasteiger partial charge in [0.15, 0.2) is 0 Å². The van der Waals surface area contributed by atoms with Crippen LogP contribution in [0.25, 0.3) is 0 Å².